The molecule has 2 fully saturated rings. The summed E-state index contributed by atoms with van der Waals surface area (Å²) in [6, 6.07) is 7.23. The van der Waals surface area contributed by atoms with Crippen LogP contribution in [-0.2, 0) is 16.1 Å². The summed E-state index contributed by atoms with van der Waals surface area (Å²) in [6.45, 7) is 4.30. The van der Waals surface area contributed by atoms with Crippen LogP contribution >= 0.6 is 11.6 Å². The third-order valence-corrected chi connectivity index (χ3v) is 6.93. The molecule has 2 amide bonds. The van der Waals surface area contributed by atoms with E-state index in [0.29, 0.717) is 49.7 Å². The van der Waals surface area contributed by atoms with Crippen molar-refractivity contribution < 1.29 is 14.3 Å². The number of piperidine rings is 1. The van der Waals surface area contributed by atoms with Crippen LogP contribution in [0, 0.1) is 6.92 Å². The molecule has 9 heteroatoms. The number of hydrogen-bond acceptors (Lipinski definition) is 5. The van der Waals surface area contributed by atoms with E-state index in [-0.39, 0.29) is 17.4 Å². The third kappa shape index (κ3) is 3.78. The average Bonchev–Trinajstić information content (AvgIpc) is 3.31. The van der Waals surface area contributed by atoms with E-state index in [9.17, 15) is 9.59 Å². The molecule has 2 saturated heterocycles. The van der Waals surface area contributed by atoms with Gasteiger partial charge in [-0.25, -0.2) is 0 Å². The topological polar surface area (TPSA) is 88.5 Å². The summed E-state index contributed by atoms with van der Waals surface area (Å²) in [5.74, 6) is 0.00536. The van der Waals surface area contributed by atoms with Crippen molar-refractivity contribution in [3.63, 3.8) is 0 Å². The van der Waals surface area contributed by atoms with Crippen LogP contribution in [0.25, 0.3) is 0 Å². The molecule has 1 aromatic heterocycles. The third-order valence-electron chi connectivity index (χ3n) is 6.70. The molecule has 1 atom stereocenters. The highest BCUT2D eigenvalue weighted by Gasteiger charge is 2.53. The van der Waals surface area contributed by atoms with Gasteiger partial charge in [0, 0.05) is 55.1 Å². The van der Waals surface area contributed by atoms with Crippen molar-refractivity contribution in [3.8, 4) is 0 Å². The molecular formula is C22H26ClN5O3. The number of carbonyl (C=O) groups excluding carboxylic acids is 2. The number of nitrogens with one attached hydrogen (secondary N) is 2. The van der Waals surface area contributed by atoms with E-state index in [1.807, 2.05) is 28.6 Å². The van der Waals surface area contributed by atoms with E-state index < -0.39 is 5.66 Å². The fraction of sp³-hybridized carbons (Fsp3) is 0.500. The summed E-state index contributed by atoms with van der Waals surface area (Å²) in [6.07, 6.45) is 4.38. The number of anilines is 1. The van der Waals surface area contributed by atoms with Crippen molar-refractivity contribution >= 4 is 29.1 Å². The van der Waals surface area contributed by atoms with Crippen molar-refractivity contribution in [2.45, 2.75) is 50.4 Å². The standard InChI is InChI=1S/C22H26ClN5O3/c1-15-4-8-24-28(15)9-5-19(29)27-10-6-21(7-11-27)13-22(14-31-21)25-18-3-2-16(23)12-17(18)20(30)26-22/h2-4,8,12,25H,5-7,9-11,13-14H2,1H3,(H,26,30). The number of amides is 2. The zero-order chi connectivity index (χ0) is 21.6. The van der Waals surface area contributed by atoms with Gasteiger partial charge in [-0.2, -0.15) is 5.10 Å². The zero-order valence-electron chi connectivity index (χ0n) is 17.5. The second kappa shape index (κ2) is 7.53. The van der Waals surface area contributed by atoms with E-state index in [1.54, 1.807) is 18.3 Å². The van der Waals surface area contributed by atoms with Gasteiger partial charge in [0.15, 0.2) is 0 Å². The minimum Gasteiger partial charge on any atom is -0.370 e. The van der Waals surface area contributed by atoms with Crippen molar-refractivity contribution in [1.29, 1.82) is 0 Å². The van der Waals surface area contributed by atoms with E-state index in [4.69, 9.17) is 16.3 Å². The van der Waals surface area contributed by atoms with Gasteiger partial charge in [0.2, 0.25) is 5.91 Å². The molecule has 31 heavy (non-hydrogen) atoms. The van der Waals surface area contributed by atoms with E-state index >= 15 is 0 Å². The number of ether oxygens (including phenoxy) is 1. The van der Waals surface area contributed by atoms with Gasteiger partial charge in [-0.3, -0.25) is 14.3 Å². The number of carbonyl (C=O) groups is 2. The van der Waals surface area contributed by atoms with Gasteiger partial charge in [0.25, 0.3) is 5.91 Å². The molecular weight excluding hydrogens is 418 g/mol. The van der Waals surface area contributed by atoms with Crippen molar-refractivity contribution in [1.82, 2.24) is 20.0 Å². The molecule has 0 bridgehead atoms. The van der Waals surface area contributed by atoms with Gasteiger partial charge in [0.1, 0.15) is 5.66 Å². The largest absolute Gasteiger partial charge is 0.370 e. The predicted molar refractivity (Wildman–Crippen MR) is 116 cm³/mol. The fourth-order valence-electron chi connectivity index (χ4n) is 4.95. The van der Waals surface area contributed by atoms with Crippen LogP contribution in [0.1, 0.15) is 41.7 Å². The Hall–Kier alpha value is -2.58. The number of halogens is 1. The normalized spacial score (nSPS) is 24.2. The molecule has 0 saturated carbocycles. The summed E-state index contributed by atoms with van der Waals surface area (Å²) >= 11 is 6.04. The lowest BCUT2D eigenvalue weighted by Gasteiger charge is -2.41. The van der Waals surface area contributed by atoms with Crippen LogP contribution in [0.15, 0.2) is 30.5 Å². The highest BCUT2D eigenvalue weighted by molar-refractivity contribution is 6.31. The quantitative estimate of drug-likeness (QED) is 0.761. The SMILES string of the molecule is Cc1ccnn1CCC(=O)N1CCC2(CC1)CC1(CO2)NC(=O)c2cc(Cl)ccc2N1. The molecule has 2 aromatic rings. The van der Waals surface area contributed by atoms with E-state index in [1.165, 1.54) is 0 Å². The van der Waals surface area contributed by atoms with Crippen molar-refractivity contribution in [2.75, 3.05) is 25.0 Å². The van der Waals surface area contributed by atoms with Crippen molar-refractivity contribution in [3.05, 3.63) is 46.7 Å². The summed E-state index contributed by atoms with van der Waals surface area (Å²) in [5.41, 5.74) is 1.42. The number of aryl methyl sites for hydroxylation is 2. The van der Waals surface area contributed by atoms with Crippen LogP contribution in [0.5, 0.6) is 0 Å². The summed E-state index contributed by atoms with van der Waals surface area (Å²) in [4.78, 5) is 27.3. The lowest BCUT2D eigenvalue weighted by molar-refractivity contribution is -0.136. The van der Waals surface area contributed by atoms with Gasteiger partial charge in [-0.15, -0.1) is 0 Å². The minimum atomic E-state index is -0.623. The first-order valence-electron chi connectivity index (χ1n) is 10.7. The second-order valence-corrected chi connectivity index (χ2v) is 9.26. The molecule has 4 heterocycles. The minimum absolute atomic E-state index is 0.140. The molecule has 2 spiro atoms. The molecule has 0 aliphatic carbocycles. The van der Waals surface area contributed by atoms with Crippen LogP contribution < -0.4 is 10.6 Å². The van der Waals surface area contributed by atoms with Crippen molar-refractivity contribution in [2.24, 2.45) is 0 Å². The van der Waals surface area contributed by atoms with Crippen LogP contribution in [0.4, 0.5) is 5.69 Å². The number of aromatic nitrogens is 2. The Morgan fingerprint density at radius 1 is 1.26 bits per heavy atom. The van der Waals surface area contributed by atoms with E-state index in [0.717, 1.165) is 24.2 Å². The van der Waals surface area contributed by atoms with Gasteiger partial charge in [0.05, 0.1) is 17.8 Å². The monoisotopic (exact) mass is 443 g/mol. The number of benzene rings is 1. The molecule has 0 radical (unpaired) electrons. The number of likely N-dealkylation sites (tertiary alicyclic amines) is 1. The zero-order valence-corrected chi connectivity index (χ0v) is 18.2. The summed E-state index contributed by atoms with van der Waals surface area (Å²) in [5, 5.41) is 11.3. The van der Waals surface area contributed by atoms with Crippen LogP contribution in [0.2, 0.25) is 5.02 Å². The Morgan fingerprint density at radius 2 is 2.06 bits per heavy atom. The number of hydrogen-bond donors (Lipinski definition) is 2. The molecule has 3 aliphatic rings. The fourth-order valence-corrected chi connectivity index (χ4v) is 5.13. The second-order valence-electron chi connectivity index (χ2n) is 8.83. The number of rotatable bonds is 3. The van der Waals surface area contributed by atoms with E-state index in [2.05, 4.69) is 15.7 Å². The first-order chi connectivity index (χ1) is 14.9. The van der Waals surface area contributed by atoms with Crippen LogP contribution in [0.3, 0.4) is 0 Å². The number of nitrogens with zero attached hydrogens (tertiary/aromatic N) is 3. The van der Waals surface area contributed by atoms with Gasteiger partial charge >= 0.3 is 0 Å². The molecule has 8 nitrogen and oxygen atoms in total. The van der Waals surface area contributed by atoms with Gasteiger partial charge in [-0.1, -0.05) is 11.6 Å². The summed E-state index contributed by atoms with van der Waals surface area (Å²) in [7, 11) is 0. The summed E-state index contributed by atoms with van der Waals surface area (Å²) < 4.78 is 8.13. The lowest BCUT2D eigenvalue weighted by Crippen LogP contribution is -2.59. The number of fused-ring (bicyclic) bond motifs is 1. The van der Waals surface area contributed by atoms with Crippen LogP contribution in [-0.4, -0.2) is 57.5 Å². The molecule has 5 rings (SSSR count). The first kappa shape index (κ1) is 20.3. The Bertz CT molecular complexity index is 1030. The maximum atomic E-state index is 12.7. The smallest absolute Gasteiger partial charge is 0.255 e. The maximum Gasteiger partial charge on any atom is 0.255 e. The lowest BCUT2D eigenvalue weighted by atomic mass is 9.84. The Kier molecular flexibility index (Phi) is 4.94. The predicted octanol–water partition coefficient (Wildman–Crippen LogP) is 2.57. The highest BCUT2D eigenvalue weighted by atomic mass is 35.5. The average molecular weight is 444 g/mol. The first-order valence-corrected chi connectivity index (χ1v) is 11.1. The Balaban J connectivity index is 1.20. The molecule has 1 aromatic carbocycles. The maximum absolute atomic E-state index is 12.7. The Morgan fingerprint density at radius 3 is 2.81 bits per heavy atom. The highest BCUT2D eigenvalue weighted by Crippen LogP contribution is 2.43. The van der Waals surface area contributed by atoms with Gasteiger partial charge < -0.3 is 20.3 Å². The van der Waals surface area contributed by atoms with Gasteiger partial charge in [-0.05, 0) is 44.0 Å². The molecule has 2 N–H and O–H groups in total. The Labute approximate surface area is 185 Å². The molecule has 1 unspecified atom stereocenters. The molecule has 164 valence electrons. The molecule has 3 aliphatic heterocycles.